The monoisotopic (exact) mass is 279 g/mol. The van der Waals surface area contributed by atoms with E-state index in [1.54, 1.807) is 16.8 Å². The lowest BCUT2D eigenvalue weighted by Gasteiger charge is -2.15. The molecule has 1 saturated heterocycles. The predicted octanol–water partition coefficient (Wildman–Crippen LogP) is 0.813. The third kappa shape index (κ3) is 2.94. The van der Waals surface area contributed by atoms with Gasteiger partial charge in [-0.05, 0) is 12.8 Å². The molecule has 0 bridgehead atoms. The molecule has 2 amide bonds. The molecule has 1 aliphatic heterocycles. The highest BCUT2D eigenvalue weighted by molar-refractivity contribution is 7.07. The van der Waals surface area contributed by atoms with Gasteiger partial charge in [0, 0.05) is 37.4 Å². The van der Waals surface area contributed by atoms with Gasteiger partial charge in [0.15, 0.2) is 0 Å². The molecule has 5 nitrogen and oxygen atoms in total. The van der Waals surface area contributed by atoms with Crippen LogP contribution in [0.4, 0.5) is 0 Å². The van der Waals surface area contributed by atoms with Crippen molar-refractivity contribution >= 4 is 23.2 Å². The van der Waals surface area contributed by atoms with Crippen LogP contribution in [0.15, 0.2) is 10.9 Å². The Labute approximate surface area is 116 Å². The molecule has 102 valence electrons. The molecule has 1 aromatic heterocycles. The Morgan fingerprint density at radius 2 is 2.37 bits per heavy atom. The minimum Gasteiger partial charge on any atom is -0.355 e. The van der Waals surface area contributed by atoms with E-state index in [2.05, 4.69) is 10.3 Å². The minimum atomic E-state index is -0.163. The maximum absolute atomic E-state index is 12.0. The van der Waals surface area contributed by atoms with E-state index in [1.165, 1.54) is 0 Å². The summed E-state index contributed by atoms with van der Waals surface area (Å²) in [5, 5.41) is 4.90. The first kappa shape index (κ1) is 12.6. The molecular formula is C13H17N3O2S. The van der Waals surface area contributed by atoms with Gasteiger partial charge in [-0.2, -0.15) is 0 Å². The van der Waals surface area contributed by atoms with Crippen molar-refractivity contribution in [1.82, 2.24) is 15.2 Å². The van der Waals surface area contributed by atoms with Crippen LogP contribution < -0.4 is 5.32 Å². The van der Waals surface area contributed by atoms with Crippen molar-refractivity contribution in [3.05, 3.63) is 16.6 Å². The van der Waals surface area contributed by atoms with Crippen LogP contribution >= 0.6 is 11.3 Å². The highest BCUT2D eigenvalue weighted by atomic mass is 32.1. The first-order chi connectivity index (χ1) is 9.24. The van der Waals surface area contributed by atoms with Crippen molar-refractivity contribution in [3.8, 4) is 0 Å². The average Bonchev–Trinajstić information content (AvgIpc) is 2.96. The lowest BCUT2D eigenvalue weighted by atomic mass is 10.1. The smallest absolute Gasteiger partial charge is 0.225 e. The quantitative estimate of drug-likeness (QED) is 0.867. The van der Waals surface area contributed by atoms with E-state index in [-0.39, 0.29) is 17.7 Å². The van der Waals surface area contributed by atoms with E-state index in [1.807, 2.05) is 10.3 Å². The van der Waals surface area contributed by atoms with Crippen molar-refractivity contribution < 1.29 is 9.59 Å². The summed E-state index contributed by atoms with van der Waals surface area (Å²) < 4.78 is 0. The van der Waals surface area contributed by atoms with Crippen LogP contribution in [0.25, 0.3) is 0 Å². The summed E-state index contributed by atoms with van der Waals surface area (Å²) in [6, 6.07) is 0.417. The summed E-state index contributed by atoms with van der Waals surface area (Å²) in [5.41, 5.74) is 2.80. The number of nitrogens with one attached hydrogen (secondary N) is 1. The van der Waals surface area contributed by atoms with Crippen molar-refractivity contribution in [1.29, 1.82) is 0 Å². The summed E-state index contributed by atoms with van der Waals surface area (Å²) >= 11 is 1.56. The fourth-order valence-corrected chi connectivity index (χ4v) is 3.06. The van der Waals surface area contributed by atoms with Gasteiger partial charge >= 0.3 is 0 Å². The third-order valence-corrected chi connectivity index (χ3v) is 4.32. The molecule has 1 aromatic rings. The van der Waals surface area contributed by atoms with Crippen LogP contribution in [-0.2, 0) is 16.0 Å². The van der Waals surface area contributed by atoms with E-state index in [4.69, 9.17) is 0 Å². The molecule has 2 heterocycles. The zero-order chi connectivity index (χ0) is 13.2. The van der Waals surface area contributed by atoms with Gasteiger partial charge in [-0.1, -0.05) is 0 Å². The normalized spacial score (nSPS) is 22.8. The van der Waals surface area contributed by atoms with Gasteiger partial charge in [0.1, 0.15) is 0 Å². The fourth-order valence-electron chi connectivity index (χ4n) is 2.47. The van der Waals surface area contributed by atoms with Crippen LogP contribution in [0.5, 0.6) is 0 Å². The number of hydrogen-bond donors (Lipinski definition) is 1. The molecule has 0 radical (unpaired) electrons. The highest BCUT2D eigenvalue weighted by Gasteiger charge is 2.41. The standard InChI is InChI=1S/C13H17N3O2S/c17-12-5-9(6-16(12)11-1-2-11)13(18)14-4-3-10-7-19-8-15-10/h7-9,11H,1-6H2,(H,14,18). The van der Waals surface area contributed by atoms with Crippen LogP contribution in [0.3, 0.4) is 0 Å². The van der Waals surface area contributed by atoms with Crippen LogP contribution in [0.2, 0.25) is 0 Å². The Morgan fingerprint density at radius 1 is 1.53 bits per heavy atom. The van der Waals surface area contributed by atoms with Gasteiger partial charge in [-0.25, -0.2) is 4.98 Å². The van der Waals surface area contributed by atoms with Gasteiger partial charge in [0.05, 0.1) is 17.1 Å². The second-order valence-electron chi connectivity index (χ2n) is 5.20. The Bertz CT molecular complexity index is 470. The van der Waals surface area contributed by atoms with E-state index in [9.17, 15) is 9.59 Å². The zero-order valence-electron chi connectivity index (χ0n) is 10.7. The second kappa shape index (κ2) is 5.28. The number of likely N-dealkylation sites (tertiary alicyclic amines) is 1. The summed E-state index contributed by atoms with van der Waals surface area (Å²) in [7, 11) is 0. The lowest BCUT2D eigenvalue weighted by Crippen LogP contribution is -2.34. The van der Waals surface area contributed by atoms with Crippen molar-refractivity contribution in [3.63, 3.8) is 0 Å². The topological polar surface area (TPSA) is 62.3 Å². The van der Waals surface area contributed by atoms with Crippen LogP contribution in [-0.4, -0.2) is 40.8 Å². The SMILES string of the molecule is O=C(NCCc1cscn1)C1CC(=O)N(C2CC2)C1. The number of carbonyl (C=O) groups excluding carboxylic acids is 2. The maximum Gasteiger partial charge on any atom is 0.225 e. The molecule has 6 heteroatoms. The van der Waals surface area contributed by atoms with Crippen molar-refractivity contribution in [2.75, 3.05) is 13.1 Å². The molecule has 2 aliphatic rings. The number of thiazole rings is 1. The van der Waals surface area contributed by atoms with Gasteiger partial charge in [0.25, 0.3) is 0 Å². The number of aromatic nitrogens is 1. The molecule has 19 heavy (non-hydrogen) atoms. The Hall–Kier alpha value is -1.43. The molecular weight excluding hydrogens is 262 g/mol. The summed E-state index contributed by atoms with van der Waals surface area (Å²) in [4.78, 5) is 29.8. The predicted molar refractivity (Wildman–Crippen MR) is 71.7 cm³/mol. The van der Waals surface area contributed by atoms with Gasteiger partial charge in [-0.3, -0.25) is 9.59 Å². The zero-order valence-corrected chi connectivity index (χ0v) is 11.5. The number of hydrogen-bond acceptors (Lipinski definition) is 4. The maximum atomic E-state index is 12.0. The highest BCUT2D eigenvalue weighted by Crippen LogP contribution is 2.32. The molecule has 1 unspecified atom stereocenters. The molecule has 0 spiro atoms. The number of amides is 2. The molecule has 3 rings (SSSR count). The van der Waals surface area contributed by atoms with Gasteiger partial charge in [0.2, 0.25) is 11.8 Å². The summed E-state index contributed by atoms with van der Waals surface area (Å²) in [6.45, 7) is 1.20. The van der Waals surface area contributed by atoms with Crippen LogP contribution in [0.1, 0.15) is 25.0 Å². The minimum absolute atomic E-state index is 0.00623. The number of carbonyl (C=O) groups is 2. The van der Waals surface area contributed by atoms with Gasteiger partial charge in [-0.15, -0.1) is 11.3 Å². The lowest BCUT2D eigenvalue weighted by molar-refractivity contribution is -0.129. The molecule has 1 saturated carbocycles. The van der Waals surface area contributed by atoms with E-state index in [0.717, 1.165) is 25.0 Å². The number of rotatable bonds is 5. The second-order valence-corrected chi connectivity index (χ2v) is 5.92. The Kier molecular flexibility index (Phi) is 3.50. The van der Waals surface area contributed by atoms with E-state index < -0.39 is 0 Å². The number of nitrogens with zero attached hydrogens (tertiary/aromatic N) is 2. The van der Waals surface area contributed by atoms with Crippen LogP contribution in [0, 0.1) is 5.92 Å². The van der Waals surface area contributed by atoms with E-state index in [0.29, 0.717) is 25.6 Å². The Morgan fingerprint density at radius 3 is 3.05 bits per heavy atom. The summed E-state index contributed by atoms with van der Waals surface area (Å²) in [6.07, 6.45) is 3.33. The first-order valence-corrected chi connectivity index (χ1v) is 7.62. The van der Waals surface area contributed by atoms with E-state index >= 15 is 0 Å². The average molecular weight is 279 g/mol. The largest absolute Gasteiger partial charge is 0.355 e. The fraction of sp³-hybridized carbons (Fsp3) is 0.615. The molecule has 0 aromatic carbocycles. The van der Waals surface area contributed by atoms with Crippen molar-refractivity contribution in [2.24, 2.45) is 5.92 Å². The van der Waals surface area contributed by atoms with Gasteiger partial charge < -0.3 is 10.2 Å². The first-order valence-electron chi connectivity index (χ1n) is 6.68. The molecule has 1 atom stereocenters. The molecule has 1 N–H and O–H groups in total. The molecule has 2 fully saturated rings. The Balaban J connectivity index is 1.44. The molecule has 1 aliphatic carbocycles. The summed E-state index contributed by atoms with van der Waals surface area (Å²) in [5.74, 6) is -0.0163. The van der Waals surface area contributed by atoms with Crippen molar-refractivity contribution in [2.45, 2.75) is 31.7 Å². The third-order valence-electron chi connectivity index (χ3n) is 3.68.